The van der Waals surface area contributed by atoms with Gasteiger partial charge in [0.2, 0.25) is 11.6 Å². The highest BCUT2D eigenvalue weighted by Gasteiger charge is 2.36. The first-order valence-electron chi connectivity index (χ1n) is 10.3. The quantitative estimate of drug-likeness (QED) is 0.354. The fraction of sp³-hybridized carbons (Fsp3) is 0.174. The third-order valence-electron chi connectivity index (χ3n) is 4.89. The number of carbonyl (C=O) groups is 2. The Kier molecular flexibility index (Phi) is 7.88. The number of nitrogens with zero attached hydrogens (tertiary/aromatic N) is 1. The third-order valence-corrected chi connectivity index (χ3v) is 4.89. The molecule has 0 atom stereocenters. The van der Waals surface area contributed by atoms with E-state index in [0.29, 0.717) is 12.1 Å². The number of carbonyl (C=O) groups excluding carboxylic acids is 2. The van der Waals surface area contributed by atoms with Gasteiger partial charge in [0.05, 0.1) is 12.7 Å². The van der Waals surface area contributed by atoms with Crippen LogP contribution in [0.4, 0.5) is 40.8 Å². The maximum absolute atomic E-state index is 14.9. The van der Waals surface area contributed by atoms with Gasteiger partial charge in [0.15, 0.2) is 11.5 Å². The monoisotopic (exact) mass is 565 g/mol. The molecule has 2 amide bonds. The van der Waals surface area contributed by atoms with Gasteiger partial charge in [0, 0.05) is 11.9 Å². The molecule has 8 nitrogen and oxygen atoms in total. The first-order chi connectivity index (χ1) is 18.0. The summed E-state index contributed by atoms with van der Waals surface area (Å²) in [6.45, 7) is 1.42. The lowest BCUT2D eigenvalue weighted by atomic mass is 10.1. The number of nitrogens with one attached hydrogen (secondary N) is 1. The summed E-state index contributed by atoms with van der Waals surface area (Å²) in [5, 5.41) is 2.18. The fourth-order valence-electron chi connectivity index (χ4n) is 3.14. The smallest absolute Gasteiger partial charge is 0.490 e. The van der Waals surface area contributed by atoms with Crippen molar-refractivity contribution in [1.29, 1.82) is 0 Å². The maximum Gasteiger partial charge on any atom is 0.573 e. The van der Waals surface area contributed by atoms with Crippen LogP contribution >= 0.6 is 0 Å². The van der Waals surface area contributed by atoms with Gasteiger partial charge in [0.1, 0.15) is 22.8 Å². The second kappa shape index (κ2) is 10.6. The number of ether oxygens (including phenoxy) is 3. The zero-order valence-corrected chi connectivity index (χ0v) is 19.6. The molecule has 0 unspecified atom stereocenters. The number of benzene rings is 2. The minimum Gasteiger partial charge on any atom is -0.490 e. The molecule has 0 aliphatic rings. The lowest BCUT2D eigenvalue weighted by Crippen LogP contribution is -2.19. The van der Waals surface area contributed by atoms with E-state index in [1.807, 2.05) is 0 Å². The lowest BCUT2D eigenvalue weighted by Gasteiger charge is -2.18. The Morgan fingerprint density at radius 3 is 2.18 bits per heavy atom. The van der Waals surface area contributed by atoms with Gasteiger partial charge in [-0.25, -0.2) is 4.39 Å². The number of hydrogen-bond donors (Lipinski definition) is 2. The molecule has 3 rings (SSSR count). The molecule has 3 N–H and O–H groups in total. The summed E-state index contributed by atoms with van der Waals surface area (Å²) in [4.78, 5) is 28.1. The second-order valence-corrected chi connectivity index (χ2v) is 7.59. The Bertz CT molecular complexity index is 1440. The zero-order chi connectivity index (χ0) is 29.3. The van der Waals surface area contributed by atoms with Crippen molar-refractivity contribution in [1.82, 2.24) is 4.98 Å². The van der Waals surface area contributed by atoms with Crippen molar-refractivity contribution in [3.05, 3.63) is 70.5 Å². The summed E-state index contributed by atoms with van der Waals surface area (Å²) in [5.74, 6) is -10.2. The molecule has 2 aromatic carbocycles. The summed E-state index contributed by atoms with van der Waals surface area (Å²) in [7, 11) is 0.797. The molecule has 208 valence electrons. The highest BCUT2D eigenvalue weighted by molar-refractivity contribution is 6.07. The van der Waals surface area contributed by atoms with Crippen molar-refractivity contribution in [3.63, 3.8) is 0 Å². The number of pyridine rings is 1. The number of hydrogen-bond acceptors (Lipinski definition) is 6. The first-order valence-corrected chi connectivity index (χ1v) is 10.3. The number of rotatable bonds is 7. The number of aryl methyl sites for hydroxylation is 1. The van der Waals surface area contributed by atoms with Crippen LogP contribution in [0, 0.1) is 18.6 Å². The van der Waals surface area contributed by atoms with Gasteiger partial charge in [-0.05, 0) is 42.8 Å². The van der Waals surface area contributed by atoms with Gasteiger partial charge in [0.25, 0.3) is 11.8 Å². The molecule has 0 aliphatic carbocycles. The Balaban J connectivity index is 2.12. The van der Waals surface area contributed by atoms with Crippen LogP contribution in [0.3, 0.4) is 0 Å². The first kappa shape index (κ1) is 28.9. The van der Waals surface area contributed by atoms with Crippen molar-refractivity contribution < 1.29 is 58.9 Å². The summed E-state index contributed by atoms with van der Waals surface area (Å²) < 4.78 is 121. The number of nitrogens with two attached hydrogens (primary N) is 1. The van der Waals surface area contributed by atoms with Gasteiger partial charge < -0.3 is 25.3 Å². The van der Waals surface area contributed by atoms with Crippen LogP contribution in [-0.4, -0.2) is 30.3 Å². The van der Waals surface area contributed by atoms with Crippen molar-refractivity contribution in [2.45, 2.75) is 19.5 Å². The topological polar surface area (TPSA) is 113 Å². The van der Waals surface area contributed by atoms with Gasteiger partial charge in [-0.3, -0.25) is 14.6 Å². The molecule has 1 heterocycles. The largest absolute Gasteiger partial charge is 0.573 e. The van der Waals surface area contributed by atoms with Crippen LogP contribution in [0.15, 0.2) is 36.5 Å². The SMILES string of the molecule is COc1c(Oc2cc(C(F)(F)F)cc(F)c2C(=O)Nc2cc(C(N)=O)ncc2C)ccc(OC(F)(F)F)c1F. The standard InChI is InChI=1S/C23H15F8N3O5/c1-9-8-33-13(20(32)35)7-12(9)34-21(36)17-11(24)5-10(22(26,27)28)6-16(17)38-15-4-3-14(39-23(29,30)31)18(25)19(15)37-2/h3-8H,1-2H3,(H2,32,35)(H,33,34,36). The molecule has 0 spiro atoms. The van der Waals surface area contributed by atoms with Crippen molar-refractivity contribution in [3.8, 4) is 23.0 Å². The van der Waals surface area contributed by atoms with Gasteiger partial charge in [-0.1, -0.05) is 0 Å². The molecular weight excluding hydrogens is 550 g/mol. The number of halogens is 8. The van der Waals surface area contributed by atoms with E-state index in [1.165, 1.54) is 6.92 Å². The number of alkyl halides is 6. The summed E-state index contributed by atoms with van der Waals surface area (Å²) in [6, 6.07) is 2.29. The van der Waals surface area contributed by atoms with E-state index in [9.17, 15) is 44.7 Å². The minimum absolute atomic E-state index is 0.00585. The van der Waals surface area contributed by atoms with Crippen molar-refractivity contribution in [2.75, 3.05) is 12.4 Å². The number of amides is 2. The number of anilines is 1. The molecule has 0 aliphatic heterocycles. The molecule has 16 heteroatoms. The molecule has 0 fully saturated rings. The van der Waals surface area contributed by atoms with E-state index in [1.54, 1.807) is 0 Å². The zero-order valence-electron chi connectivity index (χ0n) is 19.6. The highest BCUT2D eigenvalue weighted by Crippen LogP contribution is 2.42. The van der Waals surface area contributed by atoms with E-state index in [0.717, 1.165) is 19.4 Å². The van der Waals surface area contributed by atoms with Gasteiger partial charge >= 0.3 is 12.5 Å². The molecule has 0 saturated carbocycles. The van der Waals surface area contributed by atoms with E-state index in [4.69, 9.17) is 10.5 Å². The number of primary amides is 1. The van der Waals surface area contributed by atoms with Crippen LogP contribution in [0.1, 0.15) is 32.0 Å². The second-order valence-electron chi connectivity index (χ2n) is 7.59. The Morgan fingerprint density at radius 1 is 0.974 bits per heavy atom. The van der Waals surface area contributed by atoms with Crippen LogP contribution in [0.2, 0.25) is 0 Å². The van der Waals surface area contributed by atoms with Crippen molar-refractivity contribution >= 4 is 17.5 Å². The molecule has 39 heavy (non-hydrogen) atoms. The fourth-order valence-corrected chi connectivity index (χ4v) is 3.14. The maximum atomic E-state index is 14.9. The summed E-state index contributed by atoms with van der Waals surface area (Å²) in [6.07, 6.45) is -9.30. The molecular formula is C23H15F8N3O5. The number of methoxy groups -OCH3 is 1. The van der Waals surface area contributed by atoms with E-state index >= 15 is 0 Å². The van der Waals surface area contributed by atoms with E-state index in [2.05, 4.69) is 19.8 Å². The van der Waals surface area contributed by atoms with Crippen LogP contribution in [-0.2, 0) is 6.18 Å². The molecule has 3 aromatic rings. The molecule has 0 bridgehead atoms. The number of aromatic nitrogens is 1. The predicted octanol–water partition coefficient (Wildman–Crippen LogP) is 5.74. The van der Waals surface area contributed by atoms with E-state index in [-0.39, 0.29) is 29.1 Å². The lowest BCUT2D eigenvalue weighted by molar-refractivity contribution is -0.275. The summed E-state index contributed by atoms with van der Waals surface area (Å²) in [5.41, 5.74) is 2.23. The van der Waals surface area contributed by atoms with Crippen molar-refractivity contribution in [2.24, 2.45) is 5.73 Å². The van der Waals surface area contributed by atoms with Crippen LogP contribution < -0.4 is 25.3 Å². The Labute approximate surface area is 213 Å². The Morgan fingerprint density at radius 2 is 1.62 bits per heavy atom. The summed E-state index contributed by atoms with van der Waals surface area (Å²) >= 11 is 0. The molecule has 1 aromatic heterocycles. The van der Waals surface area contributed by atoms with Gasteiger partial charge in [-0.2, -0.15) is 17.6 Å². The van der Waals surface area contributed by atoms with Crippen LogP contribution in [0.5, 0.6) is 23.0 Å². The molecule has 0 radical (unpaired) electrons. The average molecular weight is 565 g/mol. The third kappa shape index (κ3) is 6.63. The average Bonchev–Trinajstić information content (AvgIpc) is 2.80. The van der Waals surface area contributed by atoms with Crippen LogP contribution in [0.25, 0.3) is 0 Å². The predicted molar refractivity (Wildman–Crippen MR) is 117 cm³/mol. The Hall–Kier alpha value is -4.63. The van der Waals surface area contributed by atoms with E-state index < -0.39 is 70.1 Å². The molecule has 0 saturated heterocycles. The minimum atomic E-state index is -5.30. The normalized spacial score (nSPS) is 11.6. The van der Waals surface area contributed by atoms with Gasteiger partial charge in [-0.15, -0.1) is 13.2 Å². The highest BCUT2D eigenvalue weighted by atomic mass is 19.4.